The summed E-state index contributed by atoms with van der Waals surface area (Å²) >= 11 is 11.3. The number of halogens is 4. The van der Waals surface area contributed by atoms with Gasteiger partial charge in [-0.05, 0) is 60.7 Å². The van der Waals surface area contributed by atoms with E-state index in [1.165, 1.54) is 18.2 Å². The number of rotatable bonds is 4. The van der Waals surface area contributed by atoms with E-state index in [0.29, 0.717) is 23.5 Å². The van der Waals surface area contributed by atoms with Crippen LogP contribution in [0.25, 0.3) is 0 Å². The molecule has 2 N–H and O–H groups in total. The molecule has 3 unspecified atom stereocenters. The minimum Gasteiger partial charge on any atom is -0.327 e. The highest BCUT2D eigenvalue weighted by Crippen LogP contribution is 2.38. The van der Waals surface area contributed by atoms with E-state index in [0.717, 1.165) is 17.8 Å². The molecule has 2 heterocycles. The summed E-state index contributed by atoms with van der Waals surface area (Å²) in [7, 11) is 0. The fourth-order valence-electron chi connectivity index (χ4n) is 4.04. The second-order valence-electron chi connectivity index (χ2n) is 10.1. The number of benzene rings is 2. The molecule has 5 nitrogen and oxygen atoms in total. The van der Waals surface area contributed by atoms with Gasteiger partial charge in [0.15, 0.2) is 0 Å². The first-order chi connectivity index (χ1) is 18.9. The molecule has 0 radical (unpaired) electrons. The quantitative estimate of drug-likeness (QED) is 0.298. The van der Waals surface area contributed by atoms with Crippen LogP contribution in [0.5, 0.6) is 0 Å². The van der Waals surface area contributed by atoms with Crippen LogP contribution in [-0.2, 0) is 4.79 Å². The zero-order chi connectivity index (χ0) is 30.3. The van der Waals surface area contributed by atoms with E-state index in [9.17, 15) is 18.8 Å². The average Bonchev–Trinajstić information content (AvgIpc) is 3.29. The monoisotopic (exact) mass is 590 g/mol. The van der Waals surface area contributed by atoms with Crippen molar-refractivity contribution in [3.63, 3.8) is 0 Å². The van der Waals surface area contributed by atoms with Crippen molar-refractivity contribution in [2.24, 2.45) is 11.3 Å². The van der Waals surface area contributed by atoms with Crippen LogP contribution in [-0.4, -0.2) is 24.0 Å². The van der Waals surface area contributed by atoms with Gasteiger partial charge in [-0.2, -0.15) is 5.26 Å². The normalized spacial score (nSPS) is 17.5. The summed E-state index contributed by atoms with van der Waals surface area (Å²) in [5, 5.41) is 15.9. The molecule has 1 aliphatic heterocycles. The number of carbonyl (C=O) groups excluding carboxylic acids is 1. The van der Waals surface area contributed by atoms with Crippen molar-refractivity contribution in [1.29, 1.82) is 5.26 Å². The number of carbonyl (C=O) groups is 1. The number of amides is 1. The SMILES string of the molecule is CC.CC(C)(C)CC1NCC(c2cccc(Cl)c2F)C1C#N.Cc1ccc(NC=O)cn1.Fc1cccc(Cl)c1. The molecular formula is C31H38Cl2F2N4O. The standard InChI is InChI=1S/C16H20ClFN2.C7H8N2O.C6H4ClF.C2H6/c1-16(2,3)7-14-11(8-19)12(9-20-14)10-5-4-6-13(17)15(10)18;1-6-2-3-7(4-8-6)9-5-10;7-5-2-1-3-6(8)4-5;1-2/h4-6,11-12,14,20H,7,9H2,1-3H3;2-5H,1H3,(H,9,10);1-4H;1-2H3. The molecule has 1 aromatic heterocycles. The van der Waals surface area contributed by atoms with Crippen LogP contribution in [0.15, 0.2) is 60.8 Å². The summed E-state index contributed by atoms with van der Waals surface area (Å²) < 4.78 is 26.2. The van der Waals surface area contributed by atoms with Gasteiger partial charge in [-0.3, -0.25) is 9.78 Å². The second kappa shape index (κ2) is 17.6. The fraction of sp³-hybridized carbons (Fsp3) is 0.387. The molecule has 1 amide bonds. The lowest BCUT2D eigenvalue weighted by atomic mass is 9.79. The molecule has 0 aliphatic carbocycles. The van der Waals surface area contributed by atoms with Crippen LogP contribution in [0.2, 0.25) is 10.0 Å². The van der Waals surface area contributed by atoms with Gasteiger partial charge in [0, 0.05) is 29.2 Å². The Hall–Kier alpha value is -3.05. The van der Waals surface area contributed by atoms with Crippen molar-refractivity contribution in [3.8, 4) is 6.07 Å². The smallest absolute Gasteiger partial charge is 0.211 e. The fourth-order valence-corrected chi connectivity index (χ4v) is 4.40. The number of anilines is 1. The molecule has 3 atom stereocenters. The number of hydrogen-bond acceptors (Lipinski definition) is 4. The maximum atomic E-state index is 14.2. The first-order valence-electron chi connectivity index (χ1n) is 13.1. The van der Waals surface area contributed by atoms with Gasteiger partial charge in [-0.1, -0.05) is 76.0 Å². The summed E-state index contributed by atoms with van der Waals surface area (Å²) in [5.41, 5.74) is 2.35. The van der Waals surface area contributed by atoms with Crippen LogP contribution < -0.4 is 10.6 Å². The average molecular weight is 592 g/mol. The number of pyridine rings is 1. The van der Waals surface area contributed by atoms with E-state index in [-0.39, 0.29) is 34.1 Å². The Bertz CT molecular complexity index is 1210. The van der Waals surface area contributed by atoms with Crippen LogP contribution in [0.1, 0.15) is 58.2 Å². The number of nitrogens with zero attached hydrogens (tertiary/aromatic N) is 2. The topological polar surface area (TPSA) is 77.8 Å². The van der Waals surface area contributed by atoms with Crippen LogP contribution in [0.4, 0.5) is 14.5 Å². The van der Waals surface area contributed by atoms with Crippen molar-refractivity contribution in [2.75, 3.05) is 11.9 Å². The van der Waals surface area contributed by atoms with Crippen LogP contribution in [0, 0.1) is 41.2 Å². The zero-order valence-electron chi connectivity index (χ0n) is 23.8. The van der Waals surface area contributed by atoms with Crippen LogP contribution in [0.3, 0.4) is 0 Å². The Balaban J connectivity index is 0.000000332. The molecule has 1 aliphatic rings. The molecule has 0 bridgehead atoms. The second-order valence-corrected chi connectivity index (χ2v) is 10.9. The van der Waals surface area contributed by atoms with E-state index in [1.54, 1.807) is 36.5 Å². The summed E-state index contributed by atoms with van der Waals surface area (Å²) in [6, 6.07) is 16.9. The van der Waals surface area contributed by atoms with E-state index in [4.69, 9.17) is 23.2 Å². The van der Waals surface area contributed by atoms with Gasteiger partial charge in [0.2, 0.25) is 6.41 Å². The molecule has 1 saturated heterocycles. The van der Waals surface area contributed by atoms with Gasteiger partial charge < -0.3 is 10.6 Å². The number of aryl methyl sites for hydroxylation is 1. The Kier molecular flexibility index (Phi) is 15.4. The van der Waals surface area contributed by atoms with Gasteiger partial charge in [-0.15, -0.1) is 0 Å². The minimum atomic E-state index is -0.391. The number of aromatic nitrogens is 1. The van der Waals surface area contributed by atoms with Crippen molar-refractivity contribution in [3.05, 3.63) is 93.7 Å². The first-order valence-corrected chi connectivity index (χ1v) is 13.8. The lowest BCUT2D eigenvalue weighted by molar-refractivity contribution is -0.105. The van der Waals surface area contributed by atoms with E-state index in [1.807, 2.05) is 26.8 Å². The number of hydrogen-bond donors (Lipinski definition) is 2. The third-order valence-corrected chi connectivity index (χ3v) is 6.28. The molecule has 2 aromatic carbocycles. The van der Waals surface area contributed by atoms with E-state index in [2.05, 4.69) is 42.5 Å². The molecule has 0 saturated carbocycles. The third kappa shape index (κ3) is 12.0. The maximum absolute atomic E-state index is 14.2. The van der Waals surface area contributed by atoms with E-state index < -0.39 is 5.82 Å². The highest BCUT2D eigenvalue weighted by atomic mass is 35.5. The molecule has 4 rings (SSSR count). The molecule has 9 heteroatoms. The number of nitriles is 1. The lowest BCUT2D eigenvalue weighted by Crippen LogP contribution is -2.31. The van der Waals surface area contributed by atoms with Crippen molar-refractivity contribution in [2.45, 2.75) is 59.9 Å². The largest absolute Gasteiger partial charge is 0.327 e. The van der Waals surface area contributed by atoms with Gasteiger partial charge in [0.1, 0.15) is 11.6 Å². The lowest BCUT2D eigenvalue weighted by Gasteiger charge is -2.26. The first kappa shape index (κ1) is 35.0. The molecule has 3 aromatic rings. The van der Waals surface area contributed by atoms with Crippen LogP contribution >= 0.6 is 23.2 Å². The highest BCUT2D eigenvalue weighted by Gasteiger charge is 2.39. The summed E-state index contributed by atoms with van der Waals surface area (Å²) in [4.78, 5) is 13.9. The molecule has 1 fully saturated rings. The third-order valence-electron chi connectivity index (χ3n) is 5.75. The van der Waals surface area contributed by atoms with Crippen molar-refractivity contribution < 1.29 is 13.6 Å². The summed E-state index contributed by atoms with van der Waals surface area (Å²) in [6.07, 6.45) is 3.14. The molecule has 216 valence electrons. The van der Waals surface area contributed by atoms with Gasteiger partial charge in [0.25, 0.3) is 0 Å². The molecule has 40 heavy (non-hydrogen) atoms. The zero-order valence-corrected chi connectivity index (χ0v) is 25.3. The molecule has 0 spiro atoms. The Morgan fingerprint density at radius 2 is 1.80 bits per heavy atom. The minimum absolute atomic E-state index is 0.100. The summed E-state index contributed by atoms with van der Waals surface area (Å²) in [6.45, 7) is 13.0. The van der Waals surface area contributed by atoms with Gasteiger partial charge in [0.05, 0.1) is 28.9 Å². The predicted octanol–water partition coefficient (Wildman–Crippen LogP) is 8.57. The van der Waals surface area contributed by atoms with Gasteiger partial charge >= 0.3 is 0 Å². The van der Waals surface area contributed by atoms with Crippen molar-refractivity contribution in [1.82, 2.24) is 10.3 Å². The van der Waals surface area contributed by atoms with Gasteiger partial charge in [-0.25, -0.2) is 8.78 Å². The number of nitrogens with one attached hydrogen (secondary N) is 2. The van der Waals surface area contributed by atoms with Crippen molar-refractivity contribution >= 4 is 35.3 Å². The molecular weight excluding hydrogens is 553 g/mol. The predicted molar refractivity (Wildman–Crippen MR) is 161 cm³/mol. The summed E-state index contributed by atoms with van der Waals surface area (Å²) in [5.74, 6) is -1.04. The Labute approximate surface area is 246 Å². The maximum Gasteiger partial charge on any atom is 0.211 e. The Morgan fingerprint density at radius 1 is 1.12 bits per heavy atom. The Morgan fingerprint density at radius 3 is 2.30 bits per heavy atom. The highest BCUT2D eigenvalue weighted by molar-refractivity contribution is 6.31. The van der Waals surface area contributed by atoms with E-state index >= 15 is 0 Å².